The van der Waals surface area contributed by atoms with Crippen LogP contribution in [0.5, 0.6) is 0 Å². The highest BCUT2D eigenvalue weighted by Gasteiger charge is 2.27. The van der Waals surface area contributed by atoms with Gasteiger partial charge in [0.15, 0.2) is 11.5 Å². The molecule has 202 valence electrons. The summed E-state index contributed by atoms with van der Waals surface area (Å²) < 4.78 is 3.08. The lowest BCUT2D eigenvalue weighted by Gasteiger charge is -2.25. The fraction of sp³-hybridized carbons (Fsp3) is 0.391. The van der Waals surface area contributed by atoms with E-state index in [1.165, 1.54) is 10.9 Å². The molecule has 15 nitrogen and oxygen atoms in total. The molecule has 4 rings (SSSR count). The van der Waals surface area contributed by atoms with Gasteiger partial charge < -0.3 is 40.4 Å². The third-order valence-electron chi connectivity index (χ3n) is 6.20. The van der Waals surface area contributed by atoms with Crippen molar-refractivity contribution in [1.82, 2.24) is 29.1 Å². The smallest absolute Gasteiger partial charge is 0.349 e. The number of nitrogens with two attached hydrogens (primary N) is 1. The van der Waals surface area contributed by atoms with Gasteiger partial charge in [0.1, 0.15) is 24.4 Å². The van der Waals surface area contributed by atoms with Crippen molar-refractivity contribution in [3.8, 4) is 11.5 Å². The average Bonchev–Trinajstić information content (AvgIpc) is 3.30. The first kappa shape index (κ1) is 27.0. The van der Waals surface area contributed by atoms with Gasteiger partial charge in [-0.2, -0.15) is 4.98 Å². The molecule has 4 unspecified atom stereocenters. The van der Waals surface area contributed by atoms with Gasteiger partial charge in [-0.25, -0.2) is 14.8 Å². The largest absolute Gasteiger partial charge is 0.480 e. The van der Waals surface area contributed by atoms with Gasteiger partial charge in [-0.05, 0) is 30.2 Å². The fourth-order valence-electron chi connectivity index (χ4n) is 4.11. The SMILES string of the molecule is Cc1cc2nc3c(=O)[nH]c(=O)nc-3n(CC(O)C(O)C(O)CO)c2cc1Cn1cnc(CC(N)C(=O)O)c1. The summed E-state index contributed by atoms with van der Waals surface area (Å²) in [6.45, 7) is 0.938. The first-order chi connectivity index (χ1) is 18.0. The number of H-pyrrole nitrogens is 1. The molecule has 0 radical (unpaired) electrons. The minimum absolute atomic E-state index is 0.0482. The third-order valence-corrected chi connectivity index (χ3v) is 6.20. The quantitative estimate of drug-likeness (QED) is 0.103. The highest BCUT2D eigenvalue weighted by atomic mass is 16.4. The number of aromatic nitrogens is 6. The summed E-state index contributed by atoms with van der Waals surface area (Å²) in [5, 5.41) is 48.7. The van der Waals surface area contributed by atoms with Gasteiger partial charge in [0.2, 0.25) is 0 Å². The lowest BCUT2D eigenvalue weighted by molar-refractivity contribution is -0.138. The van der Waals surface area contributed by atoms with E-state index in [0.717, 1.165) is 11.1 Å². The van der Waals surface area contributed by atoms with E-state index in [-0.39, 0.29) is 17.9 Å². The molecular weight excluding hydrogens is 502 g/mol. The van der Waals surface area contributed by atoms with Gasteiger partial charge in [0.05, 0.1) is 36.2 Å². The van der Waals surface area contributed by atoms with Gasteiger partial charge >= 0.3 is 11.7 Å². The Kier molecular flexibility index (Phi) is 7.66. The van der Waals surface area contributed by atoms with Crippen LogP contribution in [0, 0.1) is 6.92 Å². The highest BCUT2D eigenvalue weighted by Crippen LogP contribution is 2.25. The number of aryl methyl sites for hydroxylation is 1. The van der Waals surface area contributed by atoms with Crippen LogP contribution >= 0.6 is 0 Å². The number of hydrogen-bond acceptors (Lipinski definition) is 11. The molecule has 4 atom stereocenters. The Hall–Kier alpha value is -4.02. The van der Waals surface area contributed by atoms with Gasteiger partial charge in [-0.3, -0.25) is 14.6 Å². The van der Waals surface area contributed by atoms with E-state index in [1.807, 2.05) is 6.92 Å². The Morgan fingerprint density at radius 2 is 1.89 bits per heavy atom. The van der Waals surface area contributed by atoms with E-state index in [4.69, 9.17) is 15.9 Å². The second kappa shape index (κ2) is 10.8. The number of aliphatic hydroxyl groups excluding tert-OH is 4. The second-order valence-corrected chi connectivity index (χ2v) is 9.03. The van der Waals surface area contributed by atoms with Crippen molar-refractivity contribution in [3.63, 3.8) is 0 Å². The minimum atomic E-state index is -1.73. The summed E-state index contributed by atoms with van der Waals surface area (Å²) in [6, 6.07) is 2.33. The summed E-state index contributed by atoms with van der Waals surface area (Å²) in [5.74, 6) is -1.28. The number of carboxylic acids is 1. The molecule has 0 saturated heterocycles. The van der Waals surface area contributed by atoms with Crippen LogP contribution in [0.15, 0.2) is 34.2 Å². The molecular formula is C23H27N7O8. The number of aliphatic carboxylic acids is 1. The number of nitrogens with zero attached hydrogens (tertiary/aromatic N) is 5. The molecule has 15 heteroatoms. The van der Waals surface area contributed by atoms with Crippen molar-refractivity contribution in [1.29, 1.82) is 0 Å². The van der Waals surface area contributed by atoms with Crippen LogP contribution in [0.1, 0.15) is 16.8 Å². The Labute approximate surface area is 213 Å². The number of imidazole rings is 1. The number of benzene rings is 1. The van der Waals surface area contributed by atoms with Crippen LogP contribution in [0.3, 0.4) is 0 Å². The molecule has 0 spiro atoms. The van der Waals surface area contributed by atoms with Crippen molar-refractivity contribution >= 4 is 17.0 Å². The molecule has 8 N–H and O–H groups in total. The van der Waals surface area contributed by atoms with Crippen LogP contribution in [0.4, 0.5) is 0 Å². The standard InChI is InChI=1S/C23H27N7O8/c1-10-2-14-15(3-11(10)5-29-6-12(25-9-29)4-13(24)22(36)37)30(7-16(32)19(34)17(33)8-31)20-18(26-14)21(35)28-23(38)27-20/h2-3,6,9,13,16-17,19,31-34H,4-5,7-8,24H2,1H3,(H,36,37)(H,28,35,38). The molecule has 0 amide bonds. The maximum absolute atomic E-state index is 12.5. The summed E-state index contributed by atoms with van der Waals surface area (Å²) in [5.41, 5.74) is 6.46. The Bertz CT molecular complexity index is 1560. The van der Waals surface area contributed by atoms with Gasteiger partial charge in [-0.15, -0.1) is 0 Å². The van der Waals surface area contributed by atoms with Gasteiger partial charge in [0, 0.05) is 19.2 Å². The Morgan fingerprint density at radius 1 is 1.16 bits per heavy atom. The molecule has 38 heavy (non-hydrogen) atoms. The van der Waals surface area contributed by atoms with E-state index in [1.54, 1.807) is 22.9 Å². The van der Waals surface area contributed by atoms with Crippen LogP contribution in [0.2, 0.25) is 0 Å². The zero-order valence-electron chi connectivity index (χ0n) is 20.2. The number of aromatic amines is 1. The van der Waals surface area contributed by atoms with Crippen LogP contribution < -0.4 is 17.0 Å². The van der Waals surface area contributed by atoms with E-state index in [9.17, 15) is 29.7 Å². The highest BCUT2D eigenvalue weighted by molar-refractivity contribution is 5.81. The molecule has 0 saturated carbocycles. The molecule has 0 aliphatic carbocycles. The molecule has 0 fully saturated rings. The number of carbonyl (C=O) groups is 1. The van der Waals surface area contributed by atoms with Crippen molar-refractivity contribution in [3.05, 3.63) is 62.3 Å². The fourth-order valence-corrected chi connectivity index (χ4v) is 4.11. The lowest BCUT2D eigenvalue weighted by Crippen LogP contribution is -2.42. The topological polar surface area (TPSA) is 243 Å². The number of fused-ring (bicyclic) bond motifs is 2. The molecule has 3 heterocycles. The Morgan fingerprint density at radius 3 is 2.58 bits per heavy atom. The molecule has 2 aromatic rings. The maximum atomic E-state index is 12.5. The third kappa shape index (κ3) is 5.46. The Balaban J connectivity index is 1.80. The number of carboxylic acid groups (broad SMARTS) is 1. The predicted molar refractivity (Wildman–Crippen MR) is 132 cm³/mol. The van der Waals surface area contributed by atoms with Crippen LogP contribution in [-0.2, 0) is 24.3 Å². The molecule has 0 bridgehead atoms. The number of hydrogen-bond donors (Lipinski definition) is 7. The number of aliphatic hydroxyl groups is 4. The van der Waals surface area contributed by atoms with Crippen molar-refractivity contribution in [2.24, 2.45) is 5.73 Å². The van der Waals surface area contributed by atoms with Crippen molar-refractivity contribution in [2.45, 2.75) is 50.8 Å². The lowest BCUT2D eigenvalue weighted by atomic mass is 10.1. The van der Waals surface area contributed by atoms with Gasteiger partial charge in [-0.1, -0.05) is 0 Å². The van der Waals surface area contributed by atoms with E-state index in [0.29, 0.717) is 23.3 Å². The first-order valence-corrected chi connectivity index (χ1v) is 11.6. The minimum Gasteiger partial charge on any atom is -0.480 e. The van der Waals surface area contributed by atoms with Crippen LogP contribution in [0.25, 0.3) is 22.6 Å². The second-order valence-electron chi connectivity index (χ2n) is 9.03. The number of nitrogens with one attached hydrogen (secondary N) is 1. The zero-order chi connectivity index (χ0) is 27.7. The van der Waals surface area contributed by atoms with Gasteiger partial charge in [0.25, 0.3) is 5.56 Å². The number of rotatable bonds is 10. The molecule has 2 aliphatic rings. The monoisotopic (exact) mass is 529 g/mol. The van der Waals surface area contributed by atoms with Crippen LogP contribution in [-0.4, -0.2) is 91.5 Å². The van der Waals surface area contributed by atoms with Crippen molar-refractivity contribution in [2.75, 3.05) is 6.61 Å². The van der Waals surface area contributed by atoms with E-state index >= 15 is 0 Å². The zero-order valence-corrected chi connectivity index (χ0v) is 20.2. The first-order valence-electron chi connectivity index (χ1n) is 11.6. The predicted octanol–water partition coefficient (Wildman–Crippen LogP) is -2.83. The summed E-state index contributed by atoms with van der Waals surface area (Å²) >= 11 is 0. The van der Waals surface area contributed by atoms with E-state index < -0.39 is 54.7 Å². The summed E-state index contributed by atoms with van der Waals surface area (Å²) in [6.07, 6.45) is -1.72. The average molecular weight is 530 g/mol. The van der Waals surface area contributed by atoms with E-state index in [2.05, 4.69) is 19.9 Å². The normalized spacial score (nSPS) is 15.0. The summed E-state index contributed by atoms with van der Waals surface area (Å²) in [4.78, 5) is 50.0. The molecule has 2 aliphatic heterocycles. The maximum Gasteiger partial charge on any atom is 0.349 e. The molecule has 1 aromatic carbocycles. The van der Waals surface area contributed by atoms with Crippen molar-refractivity contribution < 1.29 is 30.3 Å². The molecule has 1 aromatic heterocycles. The summed E-state index contributed by atoms with van der Waals surface area (Å²) in [7, 11) is 0.